The van der Waals surface area contributed by atoms with Crippen LogP contribution in [0.25, 0.3) is 33.4 Å². The fourth-order valence-electron chi connectivity index (χ4n) is 13.7. The van der Waals surface area contributed by atoms with Crippen LogP contribution in [-0.2, 0) is 19.4 Å². The number of likely N-dealkylation sites (N-methyl/N-ethyl adjacent to an activating group) is 1. The zero-order chi connectivity index (χ0) is 55.6. The monoisotopic (exact) mass is 1080 g/mol. The number of piperidine rings is 1. The molecule has 422 valence electrons. The van der Waals surface area contributed by atoms with Gasteiger partial charge >= 0.3 is 0 Å². The number of benzene rings is 1. The first-order chi connectivity index (χ1) is 37.4. The van der Waals surface area contributed by atoms with Gasteiger partial charge in [-0.25, -0.2) is 10.4 Å². The van der Waals surface area contributed by atoms with E-state index in [0.29, 0.717) is 30.2 Å². The summed E-state index contributed by atoms with van der Waals surface area (Å²) in [6.45, 7) is 46.6. The predicted molar refractivity (Wildman–Crippen MR) is 330 cm³/mol. The number of likely N-dealkylation sites (tertiary alicyclic amines) is 1. The first-order valence-corrected chi connectivity index (χ1v) is 31.0. The van der Waals surface area contributed by atoms with Crippen LogP contribution in [0, 0.1) is 41.4 Å². The van der Waals surface area contributed by atoms with Crippen molar-refractivity contribution in [2.75, 3.05) is 64.3 Å². The van der Waals surface area contributed by atoms with E-state index < -0.39 is 0 Å². The maximum absolute atomic E-state index is 6.58. The molecule has 5 aliphatic rings. The Bertz CT molecular complexity index is 2820. The Morgan fingerprint density at radius 1 is 1.00 bits per heavy atom. The number of hydrogen-bond donors (Lipinski definition) is 3. The Morgan fingerprint density at radius 3 is 2.49 bits per heavy atom. The van der Waals surface area contributed by atoms with Gasteiger partial charge in [0.25, 0.3) is 0 Å². The lowest BCUT2D eigenvalue weighted by molar-refractivity contribution is 0.133. The summed E-state index contributed by atoms with van der Waals surface area (Å²) < 4.78 is 2.57. The molecule has 0 radical (unpaired) electrons. The summed E-state index contributed by atoms with van der Waals surface area (Å²) in [5.74, 6) is 4.92. The van der Waals surface area contributed by atoms with Crippen molar-refractivity contribution in [1.29, 1.82) is 0 Å². The second-order valence-electron chi connectivity index (χ2n) is 25.6. The molecular weight excluding hydrogens is 979 g/mol. The van der Waals surface area contributed by atoms with E-state index in [1.807, 2.05) is 0 Å². The molecule has 4 saturated heterocycles. The van der Waals surface area contributed by atoms with Crippen LogP contribution >= 0.6 is 11.3 Å². The Labute approximate surface area is 474 Å². The molecule has 7 heterocycles. The highest BCUT2D eigenvalue weighted by atomic mass is 32.1. The molecule has 3 aromatic heterocycles. The van der Waals surface area contributed by atoms with Crippen molar-refractivity contribution < 1.29 is 0 Å². The van der Waals surface area contributed by atoms with Crippen molar-refractivity contribution in [3.8, 4) is 34.9 Å². The molecule has 12 heteroatoms. The molecule has 0 spiro atoms. The van der Waals surface area contributed by atoms with Gasteiger partial charge in [-0.2, -0.15) is 0 Å². The number of fused-ring (bicyclic) bond motifs is 2. The van der Waals surface area contributed by atoms with Gasteiger partial charge in [0.2, 0.25) is 0 Å². The molecule has 4 N–H and O–H groups in total. The summed E-state index contributed by atoms with van der Waals surface area (Å²) in [6.07, 6.45) is 21.0. The van der Waals surface area contributed by atoms with Gasteiger partial charge in [-0.3, -0.25) is 9.88 Å². The van der Waals surface area contributed by atoms with Crippen molar-refractivity contribution in [2.45, 2.75) is 169 Å². The summed E-state index contributed by atoms with van der Waals surface area (Å²) >= 11 is 1.74. The standard InChI is InChI=1S/C66H97N11S/c1-15-17-27-66(12,13)37-56-54-34-51(25-26-61(54)76(16-2)65(56)55-35-53(38-68-63(55)43(3)4)74-32-31-73-29-20-18-22-52(73)40-74)60-42-78-62(71-60)36-59(49(11)77-30-21-19-28-69-77)70-47(9)64(44(5)6)72(14)48(10)57-41-75(39-45(57)7)46(8)33-58(67)50-23-24-50/h1,25-26,34-35,38,42-45,50,52,57-59,64,69-70H,8-11,16-24,27-33,36-37,39-41,67H2,2-7,12-14H3/t45?,52?,57?,58-,59?,64?/m0/s1. The molecule has 0 amide bonds. The molecule has 5 fully saturated rings. The van der Waals surface area contributed by atoms with Gasteiger partial charge in [0.05, 0.1) is 46.1 Å². The summed E-state index contributed by atoms with van der Waals surface area (Å²) in [5, 5.41) is 10.9. The minimum Gasteiger partial charge on any atom is -0.378 e. The molecule has 78 heavy (non-hydrogen) atoms. The van der Waals surface area contributed by atoms with Crippen LogP contribution in [0.5, 0.6) is 0 Å². The first kappa shape index (κ1) is 57.6. The van der Waals surface area contributed by atoms with Crippen LogP contribution in [0.2, 0.25) is 0 Å². The van der Waals surface area contributed by atoms with Crippen LogP contribution < -0.4 is 21.4 Å². The number of piperazine rings is 1. The molecule has 4 aromatic rings. The van der Waals surface area contributed by atoms with E-state index in [1.165, 1.54) is 77.8 Å². The number of rotatable bonds is 24. The summed E-state index contributed by atoms with van der Waals surface area (Å²) in [5.41, 5.74) is 24.3. The van der Waals surface area contributed by atoms with Crippen LogP contribution in [0.4, 0.5) is 5.69 Å². The largest absolute Gasteiger partial charge is 0.378 e. The van der Waals surface area contributed by atoms with E-state index in [4.69, 9.17) is 41.9 Å². The van der Waals surface area contributed by atoms with Gasteiger partial charge in [0.15, 0.2) is 0 Å². The topological polar surface area (TPSA) is 97.0 Å². The average molecular weight is 1080 g/mol. The lowest BCUT2D eigenvalue weighted by Gasteiger charge is -2.45. The number of hydrazine groups is 1. The second-order valence-corrected chi connectivity index (χ2v) is 26.6. The zero-order valence-corrected chi connectivity index (χ0v) is 50.3. The third-order valence-corrected chi connectivity index (χ3v) is 19.4. The van der Waals surface area contributed by atoms with E-state index in [0.717, 1.165) is 130 Å². The Kier molecular flexibility index (Phi) is 18.3. The van der Waals surface area contributed by atoms with Crippen LogP contribution in [0.1, 0.15) is 142 Å². The third kappa shape index (κ3) is 12.8. The number of aryl methyl sites for hydroxylation is 1. The Morgan fingerprint density at radius 2 is 1.78 bits per heavy atom. The minimum atomic E-state index is -0.128. The van der Waals surface area contributed by atoms with Crippen molar-refractivity contribution in [3.63, 3.8) is 0 Å². The number of thiazole rings is 1. The molecular formula is C66H97N11S. The highest BCUT2D eigenvalue weighted by Gasteiger charge is 2.38. The highest BCUT2D eigenvalue weighted by Crippen LogP contribution is 2.44. The summed E-state index contributed by atoms with van der Waals surface area (Å²) in [4.78, 5) is 21.0. The number of hydrogen-bond acceptors (Lipinski definition) is 11. The average Bonchev–Trinajstić information content (AvgIpc) is 4.05. The van der Waals surface area contributed by atoms with Gasteiger partial charge < -0.3 is 35.3 Å². The van der Waals surface area contributed by atoms with E-state index in [2.05, 4.69) is 151 Å². The normalized spacial score (nSPS) is 21.4. The van der Waals surface area contributed by atoms with Crippen LogP contribution in [0.15, 0.2) is 84.9 Å². The molecule has 6 atom stereocenters. The van der Waals surface area contributed by atoms with Gasteiger partial charge in [-0.1, -0.05) is 87.3 Å². The quantitative estimate of drug-likeness (QED) is 0.0589. The summed E-state index contributed by atoms with van der Waals surface area (Å²) in [7, 11) is 2.21. The molecule has 0 bridgehead atoms. The van der Waals surface area contributed by atoms with E-state index in [1.54, 1.807) is 11.3 Å². The Balaban J connectivity index is 1.01. The third-order valence-electron chi connectivity index (χ3n) is 18.5. The lowest BCUT2D eigenvalue weighted by Crippen LogP contribution is -2.54. The molecule has 4 aliphatic heterocycles. The molecule has 5 unspecified atom stereocenters. The number of nitrogens with two attached hydrogens (primary N) is 1. The van der Waals surface area contributed by atoms with Crippen molar-refractivity contribution in [2.24, 2.45) is 34.8 Å². The van der Waals surface area contributed by atoms with E-state index in [9.17, 15) is 0 Å². The number of nitrogens with zero attached hydrogens (tertiary/aromatic N) is 8. The van der Waals surface area contributed by atoms with Crippen LogP contribution in [0.3, 0.4) is 0 Å². The van der Waals surface area contributed by atoms with Crippen molar-refractivity contribution >= 4 is 27.9 Å². The zero-order valence-electron chi connectivity index (χ0n) is 49.5. The first-order valence-electron chi connectivity index (χ1n) is 30.1. The Hall–Kier alpha value is -5.06. The predicted octanol–water partition coefficient (Wildman–Crippen LogP) is 12.4. The maximum Gasteiger partial charge on any atom is 0.0957 e. The molecule has 1 aliphatic carbocycles. The van der Waals surface area contributed by atoms with Crippen molar-refractivity contribution in [3.05, 3.63) is 101 Å². The van der Waals surface area contributed by atoms with Crippen LogP contribution in [-0.4, -0.2) is 118 Å². The van der Waals surface area contributed by atoms with E-state index in [-0.39, 0.29) is 35.4 Å². The molecule has 9 rings (SSSR count). The van der Waals surface area contributed by atoms with Gasteiger partial charge in [-0.05, 0) is 118 Å². The molecule has 11 nitrogen and oxygen atoms in total. The van der Waals surface area contributed by atoms with Crippen molar-refractivity contribution in [1.82, 2.24) is 45.0 Å². The minimum absolute atomic E-state index is 0.0154. The fourth-order valence-corrected chi connectivity index (χ4v) is 14.6. The number of aromatic nitrogens is 3. The summed E-state index contributed by atoms with van der Waals surface area (Å²) in [6, 6.07) is 10.3. The number of terminal acetylenes is 1. The molecule has 1 aromatic carbocycles. The number of nitrogens with one attached hydrogen (secondary N) is 2. The van der Waals surface area contributed by atoms with Gasteiger partial charge in [0.1, 0.15) is 0 Å². The molecule has 1 saturated carbocycles. The smallest absolute Gasteiger partial charge is 0.0957 e. The maximum atomic E-state index is 6.58. The number of anilines is 1. The SMILES string of the molecule is C#CCCC(C)(C)Cc1c(-c2cc(N3CCN4CCCCC4C3)cnc2C(C)C)n(CC)c2ccc(-c3csc(CC(NC(=C)C(C(C)C)N(C)C(=C)C4CN(C(=C)C[C@H](N)C5CC5)CC4C)C(=C)N4CCCCN4)n3)cc12. The fraction of sp³-hybridized carbons (Fsp3) is 0.606. The highest BCUT2D eigenvalue weighted by molar-refractivity contribution is 7.10. The van der Waals surface area contributed by atoms with Gasteiger partial charge in [-0.15, -0.1) is 23.7 Å². The number of pyridine rings is 1. The second kappa shape index (κ2) is 24.8. The van der Waals surface area contributed by atoms with E-state index >= 15 is 0 Å². The lowest BCUT2D eigenvalue weighted by atomic mass is 9.80. The van der Waals surface area contributed by atoms with Gasteiger partial charge in [0, 0.05) is 147 Å².